The molecule has 2 aromatic rings. The lowest BCUT2D eigenvalue weighted by Crippen LogP contribution is -2.48. The largest absolute Gasteiger partial charge is 0.338 e. The van der Waals surface area contributed by atoms with Crippen LogP contribution in [0.3, 0.4) is 0 Å². The van der Waals surface area contributed by atoms with Gasteiger partial charge in [0.05, 0.1) is 6.42 Å². The molecule has 2 amide bonds. The lowest BCUT2D eigenvalue weighted by molar-refractivity contribution is -0.128. The van der Waals surface area contributed by atoms with Crippen molar-refractivity contribution in [3.8, 4) is 0 Å². The van der Waals surface area contributed by atoms with Crippen LogP contribution in [0.15, 0.2) is 42.7 Å². The maximum atomic E-state index is 12.6. The molecule has 7 nitrogen and oxygen atoms in total. The first-order valence-electron chi connectivity index (χ1n) is 9.39. The van der Waals surface area contributed by atoms with Crippen molar-refractivity contribution in [2.75, 3.05) is 44.2 Å². The van der Waals surface area contributed by atoms with E-state index in [9.17, 15) is 9.59 Å². The second kappa shape index (κ2) is 7.84. The van der Waals surface area contributed by atoms with Crippen LogP contribution < -0.4 is 4.90 Å². The molecule has 0 atom stereocenters. The van der Waals surface area contributed by atoms with Gasteiger partial charge in [-0.1, -0.05) is 18.2 Å². The number of benzene rings is 1. The average molecular weight is 365 g/mol. The maximum Gasteiger partial charge on any atom is 0.260 e. The summed E-state index contributed by atoms with van der Waals surface area (Å²) in [5.74, 6) is 0.526. The molecule has 0 radical (unpaired) electrons. The highest BCUT2D eigenvalue weighted by Crippen LogP contribution is 2.20. The standard InChI is InChI=1S/C20H23N5O2/c26-18-15-16-5-1-2-6-17(16)19(27)25(18)10-4-9-23-11-13-24(14-12-23)20-21-7-3-8-22-20/h1-3,5-8H,4,9-15H2. The Morgan fingerprint density at radius 1 is 0.889 bits per heavy atom. The number of carbonyl (C=O) groups excluding carboxylic acids is 2. The molecule has 0 saturated carbocycles. The van der Waals surface area contributed by atoms with E-state index in [1.807, 2.05) is 30.3 Å². The van der Waals surface area contributed by atoms with Crippen molar-refractivity contribution in [2.45, 2.75) is 12.8 Å². The number of carbonyl (C=O) groups is 2. The Hall–Kier alpha value is -2.80. The first-order chi connectivity index (χ1) is 13.2. The Labute approximate surface area is 158 Å². The number of piperazine rings is 1. The van der Waals surface area contributed by atoms with Crippen LogP contribution in [-0.2, 0) is 11.2 Å². The third kappa shape index (κ3) is 3.83. The molecule has 2 aliphatic heterocycles. The van der Waals surface area contributed by atoms with Crippen LogP contribution in [0.25, 0.3) is 0 Å². The third-order valence-corrected chi connectivity index (χ3v) is 5.20. The number of anilines is 1. The highest BCUT2D eigenvalue weighted by Gasteiger charge is 2.30. The summed E-state index contributed by atoms with van der Waals surface area (Å²) >= 11 is 0. The number of nitrogens with zero attached hydrogens (tertiary/aromatic N) is 5. The monoisotopic (exact) mass is 365 g/mol. The van der Waals surface area contributed by atoms with Crippen molar-refractivity contribution in [2.24, 2.45) is 0 Å². The van der Waals surface area contributed by atoms with Gasteiger partial charge in [-0.25, -0.2) is 9.97 Å². The summed E-state index contributed by atoms with van der Waals surface area (Å²) in [5, 5.41) is 0. The van der Waals surface area contributed by atoms with Crippen LogP contribution in [0.1, 0.15) is 22.3 Å². The first kappa shape index (κ1) is 17.6. The Morgan fingerprint density at radius 2 is 1.63 bits per heavy atom. The number of hydrogen-bond acceptors (Lipinski definition) is 6. The van der Waals surface area contributed by atoms with Gasteiger partial charge in [-0.2, -0.15) is 0 Å². The SMILES string of the molecule is O=C1Cc2ccccc2C(=O)N1CCCN1CCN(c2ncccn2)CC1. The van der Waals surface area contributed by atoms with Crippen LogP contribution in [0.4, 0.5) is 5.95 Å². The van der Waals surface area contributed by atoms with Gasteiger partial charge in [0.1, 0.15) is 0 Å². The summed E-state index contributed by atoms with van der Waals surface area (Å²) in [4.78, 5) is 39.5. The van der Waals surface area contributed by atoms with Crippen molar-refractivity contribution in [3.05, 3.63) is 53.9 Å². The molecule has 0 aliphatic carbocycles. The smallest absolute Gasteiger partial charge is 0.260 e. The predicted molar refractivity (Wildman–Crippen MR) is 101 cm³/mol. The summed E-state index contributed by atoms with van der Waals surface area (Å²) in [7, 11) is 0. The number of aromatic nitrogens is 2. The molecule has 27 heavy (non-hydrogen) atoms. The number of imide groups is 1. The molecule has 140 valence electrons. The van der Waals surface area contributed by atoms with E-state index in [4.69, 9.17) is 0 Å². The number of rotatable bonds is 5. The summed E-state index contributed by atoms with van der Waals surface area (Å²) in [5.41, 5.74) is 1.50. The van der Waals surface area contributed by atoms with Gasteiger partial charge >= 0.3 is 0 Å². The molecule has 0 N–H and O–H groups in total. The first-order valence-corrected chi connectivity index (χ1v) is 9.39. The normalized spacial score (nSPS) is 17.9. The third-order valence-electron chi connectivity index (χ3n) is 5.20. The molecule has 2 aliphatic rings. The Morgan fingerprint density at radius 3 is 2.41 bits per heavy atom. The van der Waals surface area contributed by atoms with Crippen molar-refractivity contribution >= 4 is 17.8 Å². The van der Waals surface area contributed by atoms with E-state index in [0.717, 1.165) is 50.7 Å². The van der Waals surface area contributed by atoms with Gasteiger partial charge in [0.15, 0.2) is 0 Å². The van der Waals surface area contributed by atoms with E-state index in [-0.39, 0.29) is 11.8 Å². The molecule has 1 aromatic carbocycles. The number of fused-ring (bicyclic) bond motifs is 1. The van der Waals surface area contributed by atoms with Gasteiger partial charge in [-0.3, -0.25) is 19.4 Å². The summed E-state index contributed by atoms with van der Waals surface area (Å²) < 4.78 is 0. The van der Waals surface area contributed by atoms with Gasteiger partial charge in [-0.05, 0) is 30.7 Å². The average Bonchev–Trinajstić information content (AvgIpc) is 2.71. The number of amides is 2. The molecule has 1 saturated heterocycles. The molecule has 1 aromatic heterocycles. The van der Waals surface area contributed by atoms with Crippen molar-refractivity contribution < 1.29 is 9.59 Å². The highest BCUT2D eigenvalue weighted by molar-refractivity contribution is 6.09. The van der Waals surface area contributed by atoms with Crippen molar-refractivity contribution in [1.82, 2.24) is 19.8 Å². The molecular formula is C20H23N5O2. The molecule has 0 spiro atoms. The van der Waals surface area contributed by atoms with E-state index < -0.39 is 0 Å². The molecule has 1 fully saturated rings. The Kier molecular flexibility index (Phi) is 5.11. The van der Waals surface area contributed by atoms with E-state index in [2.05, 4.69) is 19.8 Å². The van der Waals surface area contributed by atoms with Crippen LogP contribution in [0.2, 0.25) is 0 Å². The summed E-state index contributed by atoms with van der Waals surface area (Å²) in [6, 6.07) is 9.21. The number of hydrogen-bond donors (Lipinski definition) is 0. The minimum atomic E-state index is -0.159. The van der Waals surface area contributed by atoms with E-state index in [0.29, 0.717) is 18.5 Å². The van der Waals surface area contributed by atoms with E-state index in [1.165, 1.54) is 4.90 Å². The summed E-state index contributed by atoms with van der Waals surface area (Å²) in [6.07, 6.45) is 4.64. The maximum absolute atomic E-state index is 12.6. The zero-order valence-corrected chi connectivity index (χ0v) is 15.3. The zero-order valence-electron chi connectivity index (χ0n) is 15.3. The topological polar surface area (TPSA) is 69.6 Å². The minimum absolute atomic E-state index is 0.0928. The summed E-state index contributed by atoms with van der Waals surface area (Å²) in [6.45, 7) is 5.00. The Bertz CT molecular complexity index is 818. The van der Waals surface area contributed by atoms with Gasteiger partial charge in [0, 0.05) is 50.7 Å². The second-order valence-electron chi connectivity index (χ2n) is 6.92. The van der Waals surface area contributed by atoms with Gasteiger partial charge in [0.2, 0.25) is 11.9 Å². The van der Waals surface area contributed by atoms with Crippen molar-refractivity contribution in [3.63, 3.8) is 0 Å². The molecule has 4 rings (SSSR count). The van der Waals surface area contributed by atoms with Crippen LogP contribution >= 0.6 is 0 Å². The molecule has 0 unspecified atom stereocenters. The van der Waals surface area contributed by atoms with Gasteiger partial charge in [0.25, 0.3) is 5.91 Å². The van der Waals surface area contributed by atoms with Crippen LogP contribution in [-0.4, -0.2) is 70.9 Å². The van der Waals surface area contributed by atoms with Crippen LogP contribution in [0, 0.1) is 0 Å². The van der Waals surface area contributed by atoms with E-state index in [1.54, 1.807) is 12.4 Å². The fourth-order valence-electron chi connectivity index (χ4n) is 3.70. The molecule has 0 bridgehead atoms. The highest BCUT2D eigenvalue weighted by atomic mass is 16.2. The minimum Gasteiger partial charge on any atom is -0.338 e. The van der Waals surface area contributed by atoms with Crippen molar-refractivity contribution in [1.29, 1.82) is 0 Å². The molecule has 7 heteroatoms. The Balaban J connectivity index is 1.26. The predicted octanol–water partition coefficient (Wildman–Crippen LogP) is 1.21. The van der Waals surface area contributed by atoms with Crippen LogP contribution in [0.5, 0.6) is 0 Å². The zero-order chi connectivity index (χ0) is 18.6. The molecular weight excluding hydrogens is 342 g/mol. The van der Waals surface area contributed by atoms with Gasteiger partial charge < -0.3 is 4.90 Å². The van der Waals surface area contributed by atoms with E-state index >= 15 is 0 Å². The lowest BCUT2D eigenvalue weighted by atomic mass is 9.98. The second-order valence-corrected chi connectivity index (χ2v) is 6.92. The van der Waals surface area contributed by atoms with Gasteiger partial charge in [-0.15, -0.1) is 0 Å². The quantitative estimate of drug-likeness (QED) is 0.742. The fourth-order valence-corrected chi connectivity index (χ4v) is 3.70. The fraction of sp³-hybridized carbons (Fsp3) is 0.400. The molecule has 3 heterocycles. The lowest BCUT2D eigenvalue weighted by Gasteiger charge is -2.35.